The number of hydrogen-bond acceptors (Lipinski definition) is 7. The Morgan fingerprint density at radius 3 is 2.47 bits per heavy atom. The maximum atomic E-state index is 12.5. The molecule has 0 aliphatic rings. The summed E-state index contributed by atoms with van der Waals surface area (Å²) in [5.74, 6) is 0.675. The molecule has 4 aromatic rings. The molecule has 4 rings (SSSR count). The molecule has 0 radical (unpaired) electrons. The Morgan fingerprint density at radius 1 is 1.12 bits per heavy atom. The highest BCUT2D eigenvalue weighted by Gasteiger charge is 2.26. The molecule has 0 atom stereocenters. The highest BCUT2D eigenvalue weighted by molar-refractivity contribution is 7.92. The number of ether oxygens (including phenoxy) is 1. The Hall–Kier alpha value is -3.86. The van der Waals surface area contributed by atoms with Gasteiger partial charge in [-0.2, -0.15) is 0 Å². The van der Waals surface area contributed by atoms with Crippen LogP contribution in [-0.4, -0.2) is 36.3 Å². The van der Waals surface area contributed by atoms with Crippen molar-refractivity contribution < 1.29 is 17.6 Å². The van der Waals surface area contributed by atoms with Crippen LogP contribution in [0, 0.1) is 0 Å². The van der Waals surface area contributed by atoms with Crippen molar-refractivity contribution in [3.05, 3.63) is 69.0 Å². The zero-order valence-electron chi connectivity index (χ0n) is 19.3. The Bertz CT molecular complexity index is 1600. The van der Waals surface area contributed by atoms with Crippen molar-refractivity contribution in [2.75, 3.05) is 18.1 Å². The van der Waals surface area contributed by atoms with E-state index in [1.54, 1.807) is 30.3 Å². The Balaban J connectivity index is 1.99. The van der Waals surface area contributed by atoms with E-state index in [1.165, 1.54) is 19.4 Å². The molecular weight excluding hydrogens is 460 g/mol. The smallest absolute Gasteiger partial charge is 0.332 e. The van der Waals surface area contributed by atoms with Crippen molar-refractivity contribution in [3.63, 3.8) is 0 Å². The molecule has 178 valence electrons. The molecule has 2 N–H and O–H groups in total. The van der Waals surface area contributed by atoms with Gasteiger partial charge in [-0.3, -0.25) is 9.52 Å². The molecule has 0 amide bonds. The van der Waals surface area contributed by atoms with Gasteiger partial charge in [-0.25, -0.2) is 22.8 Å². The van der Waals surface area contributed by atoms with E-state index in [4.69, 9.17) is 9.15 Å². The van der Waals surface area contributed by atoms with E-state index in [1.807, 2.05) is 20.8 Å². The maximum absolute atomic E-state index is 12.5. The van der Waals surface area contributed by atoms with Crippen molar-refractivity contribution >= 4 is 26.8 Å². The number of fused-ring (bicyclic) bond motifs is 1. The lowest BCUT2D eigenvalue weighted by molar-refractivity contribution is 0.397. The second-order valence-electron chi connectivity index (χ2n) is 8.86. The summed E-state index contributed by atoms with van der Waals surface area (Å²) in [6.45, 7) is 5.93. The molecule has 10 nitrogen and oxygen atoms in total. The minimum atomic E-state index is -3.46. The monoisotopic (exact) mass is 484 g/mol. The number of rotatable bonds is 5. The number of nitrogens with zero attached hydrogens (tertiary/aromatic N) is 2. The van der Waals surface area contributed by atoms with Gasteiger partial charge in [-0.05, 0) is 35.7 Å². The van der Waals surface area contributed by atoms with Gasteiger partial charge in [0, 0.05) is 17.8 Å². The lowest BCUT2D eigenvalue weighted by atomic mass is 9.84. The number of methoxy groups -OCH3 is 1. The molecule has 11 heteroatoms. The van der Waals surface area contributed by atoms with Crippen molar-refractivity contribution in [2.24, 2.45) is 0 Å². The van der Waals surface area contributed by atoms with E-state index in [9.17, 15) is 18.0 Å². The molecular formula is C23H24N4O6S. The summed E-state index contributed by atoms with van der Waals surface area (Å²) in [6, 6.07) is 9.32. The zero-order chi connectivity index (χ0) is 24.8. The van der Waals surface area contributed by atoms with Gasteiger partial charge >= 0.3 is 5.69 Å². The summed E-state index contributed by atoms with van der Waals surface area (Å²) < 4.78 is 38.3. The third kappa shape index (κ3) is 4.46. The summed E-state index contributed by atoms with van der Waals surface area (Å²) in [5.41, 5.74) is 1.19. The van der Waals surface area contributed by atoms with Gasteiger partial charge in [0.25, 0.3) is 5.56 Å². The van der Waals surface area contributed by atoms with Crippen LogP contribution in [0.25, 0.3) is 28.2 Å². The quantitative estimate of drug-likeness (QED) is 0.444. The molecule has 2 aromatic carbocycles. The third-order valence-corrected chi connectivity index (χ3v) is 5.73. The van der Waals surface area contributed by atoms with E-state index < -0.39 is 26.7 Å². The molecule has 0 bridgehead atoms. The Labute approximate surface area is 195 Å². The van der Waals surface area contributed by atoms with E-state index in [0.29, 0.717) is 33.8 Å². The number of aromatic nitrogens is 3. The standard InChI is InChI=1S/C23H24N4O6S/c1-23(2,3)16-12-14(27-19(28)8-9-24-22(27)29)11-15(20(16)32-4)21-25-17-10-13(26-34(5,30)31)6-7-18(17)33-21/h6-12,26H,1-5H3,(H,24,29). The molecule has 0 aliphatic heterocycles. The van der Waals surface area contributed by atoms with Crippen LogP contribution in [0.4, 0.5) is 5.69 Å². The van der Waals surface area contributed by atoms with Crippen LogP contribution in [0.3, 0.4) is 0 Å². The van der Waals surface area contributed by atoms with E-state index in [0.717, 1.165) is 16.4 Å². The fourth-order valence-electron chi connectivity index (χ4n) is 3.67. The summed E-state index contributed by atoms with van der Waals surface area (Å²) in [7, 11) is -1.94. The largest absolute Gasteiger partial charge is 0.496 e. The maximum Gasteiger partial charge on any atom is 0.332 e. The van der Waals surface area contributed by atoms with Crippen LogP contribution in [-0.2, 0) is 15.4 Å². The first-order valence-corrected chi connectivity index (χ1v) is 12.2. The molecule has 0 spiro atoms. The molecule has 0 fully saturated rings. The van der Waals surface area contributed by atoms with Crippen molar-refractivity contribution in [2.45, 2.75) is 26.2 Å². The average molecular weight is 485 g/mol. The molecule has 2 heterocycles. The lowest BCUT2D eigenvalue weighted by Crippen LogP contribution is -2.32. The number of hydrogen-bond donors (Lipinski definition) is 2. The fraction of sp³-hybridized carbons (Fsp3) is 0.261. The van der Waals surface area contributed by atoms with Gasteiger partial charge in [-0.15, -0.1) is 0 Å². The predicted molar refractivity (Wildman–Crippen MR) is 129 cm³/mol. The van der Waals surface area contributed by atoms with E-state index >= 15 is 0 Å². The van der Waals surface area contributed by atoms with Gasteiger partial charge in [0.15, 0.2) is 5.58 Å². The van der Waals surface area contributed by atoms with Crippen LogP contribution in [0.15, 0.2) is 56.6 Å². The van der Waals surface area contributed by atoms with Crippen molar-refractivity contribution in [1.29, 1.82) is 0 Å². The van der Waals surface area contributed by atoms with Gasteiger partial charge < -0.3 is 14.1 Å². The van der Waals surface area contributed by atoms with Crippen LogP contribution >= 0.6 is 0 Å². The van der Waals surface area contributed by atoms with Crippen LogP contribution in [0.1, 0.15) is 26.3 Å². The number of benzene rings is 2. The molecule has 34 heavy (non-hydrogen) atoms. The molecule has 0 saturated carbocycles. The van der Waals surface area contributed by atoms with Crippen LogP contribution in [0.2, 0.25) is 0 Å². The first-order chi connectivity index (χ1) is 15.9. The molecule has 0 unspecified atom stereocenters. The highest BCUT2D eigenvalue weighted by Crippen LogP contribution is 2.41. The normalized spacial score (nSPS) is 12.1. The van der Waals surface area contributed by atoms with Gasteiger partial charge in [-0.1, -0.05) is 20.8 Å². The summed E-state index contributed by atoms with van der Waals surface area (Å²) in [6.07, 6.45) is 2.35. The molecule has 2 aromatic heterocycles. The minimum absolute atomic E-state index is 0.191. The number of nitrogens with one attached hydrogen (secondary N) is 2. The summed E-state index contributed by atoms with van der Waals surface area (Å²) in [5, 5.41) is 0. The van der Waals surface area contributed by atoms with Gasteiger partial charge in [0.1, 0.15) is 11.3 Å². The van der Waals surface area contributed by atoms with Crippen LogP contribution < -0.4 is 20.7 Å². The number of H-pyrrole nitrogens is 1. The summed E-state index contributed by atoms with van der Waals surface area (Å²) in [4.78, 5) is 32.0. The molecule has 0 aliphatic carbocycles. The fourth-order valence-corrected chi connectivity index (χ4v) is 4.22. The molecule has 0 saturated heterocycles. The topological polar surface area (TPSA) is 136 Å². The SMILES string of the molecule is COc1c(-c2nc3cc(NS(C)(=O)=O)ccc3o2)cc(-n2c(=O)cc[nH]c2=O)cc1C(C)(C)C. The van der Waals surface area contributed by atoms with Gasteiger partial charge in [0.2, 0.25) is 15.9 Å². The Kier molecular flexibility index (Phi) is 5.60. The second kappa shape index (κ2) is 8.17. The first-order valence-electron chi connectivity index (χ1n) is 10.3. The minimum Gasteiger partial charge on any atom is -0.496 e. The second-order valence-corrected chi connectivity index (χ2v) is 10.6. The Morgan fingerprint density at radius 2 is 1.85 bits per heavy atom. The first kappa shape index (κ1) is 23.3. The van der Waals surface area contributed by atoms with Gasteiger partial charge in [0.05, 0.1) is 30.3 Å². The third-order valence-electron chi connectivity index (χ3n) is 5.12. The average Bonchev–Trinajstić information content (AvgIpc) is 3.14. The lowest BCUT2D eigenvalue weighted by Gasteiger charge is -2.24. The van der Waals surface area contributed by atoms with E-state index in [-0.39, 0.29) is 5.89 Å². The highest BCUT2D eigenvalue weighted by atomic mass is 32.2. The van der Waals surface area contributed by atoms with Crippen LogP contribution in [0.5, 0.6) is 5.75 Å². The summed E-state index contributed by atoms with van der Waals surface area (Å²) >= 11 is 0. The van der Waals surface area contributed by atoms with E-state index in [2.05, 4.69) is 14.7 Å². The zero-order valence-corrected chi connectivity index (χ0v) is 20.1. The predicted octanol–water partition coefficient (Wildman–Crippen LogP) is 3.01. The van der Waals surface area contributed by atoms with Crippen molar-refractivity contribution in [1.82, 2.24) is 14.5 Å². The number of anilines is 1. The number of aromatic amines is 1. The number of sulfonamides is 1. The number of oxazole rings is 1. The van der Waals surface area contributed by atoms with Crippen molar-refractivity contribution in [3.8, 4) is 22.9 Å².